The Morgan fingerprint density at radius 3 is 2.52 bits per heavy atom. The molecule has 126 valence electrons. The van der Waals surface area contributed by atoms with E-state index in [-0.39, 0.29) is 24.4 Å². The number of carbonyl (C=O) groups is 1. The maximum Gasteiger partial charge on any atom is 0.338 e. The summed E-state index contributed by atoms with van der Waals surface area (Å²) in [5, 5.41) is 1.82. The number of ether oxygens (including phenoxy) is 1. The number of fused-ring (bicyclic) bond motifs is 1. The second-order valence-electron chi connectivity index (χ2n) is 5.46. The van der Waals surface area contributed by atoms with Crippen LogP contribution in [0.3, 0.4) is 0 Å². The normalized spacial score (nSPS) is 12.0. The van der Waals surface area contributed by atoms with E-state index in [0.29, 0.717) is 17.9 Å². The molecule has 2 aromatic carbocycles. The molecule has 0 bridgehead atoms. The minimum absolute atomic E-state index is 0. The predicted octanol–water partition coefficient (Wildman–Crippen LogP) is 3.73. The molecule has 5 heteroatoms. The number of hydrogen-bond acceptors (Lipinski definition) is 4. The van der Waals surface area contributed by atoms with E-state index in [0.717, 1.165) is 23.9 Å². The Balaban J connectivity index is 0.00000264. The van der Waals surface area contributed by atoms with Gasteiger partial charge in [-0.3, -0.25) is 4.90 Å². The van der Waals surface area contributed by atoms with E-state index in [1.165, 1.54) is 0 Å². The van der Waals surface area contributed by atoms with Crippen LogP contribution < -0.4 is 5.73 Å². The van der Waals surface area contributed by atoms with E-state index in [9.17, 15) is 4.79 Å². The number of rotatable bonds is 6. The fourth-order valence-electron chi connectivity index (χ4n) is 2.73. The van der Waals surface area contributed by atoms with Gasteiger partial charge in [0.25, 0.3) is 0 Å². The van der Waals surface area contributed by atoms with Crippen LogP contribution in [0.2, 0.25) is 0 Å². The highest BCUT2D eigenvalue weighted by Gasteiger charge is 2.16. The Bertz CT molecular complexity index is 657. The number of anilines is 1. The van der Waals surface area contributed by atoms with E-state index < -0.39 is 0 Å². The lowest BCUT2D eigenvalue weighted by atomic mass is 10.0. The summed E-state index contributed by atoms with van der Waals surface area (Å²) in [4.78, 5) is 14.7. The Hall–Kier alpha value is -1.78. The van der Waals surface area contributed by atoms with Gasteiger partial charge in [0.1, 0.15) is 6.61 Å². The predicted molar refractivity (Wildman–Crippen MR) is 98.3 cm³/mol. The molecular formula is C18H25ClN2O2. The molecule has 2 N–H and O–H groups in total. The number of carbonyl (C=O) groups excluding carboxylic acids is 1. The van der Waals surface area contributed by atoms with Gasteiger partial charge in [-0.05, 0) is 42.9 Å². The molecule has 0 aromatic heterocycles. The topological polar surface area (TPSA) is 55.6 Å². The highest BCUT2D eigenvalue weighted by atomic mass is 35.5. The van der Waals surface area contributed by atoms with Gasteiger partial charge in [0.15, 0.2) is 0 Å². The molecule has 0 aliphatic heterocycles. The first kappa shape index (κ1) is 19.3. The fraction of sp³-hybridized carbons (Fsp3) is 0.389. The van der Waals surface area contributed by atoms with Crippen LogP contribution in [-0.4, -0.2) is 36.6 Å². The molecule has 0 aliphatic carbocycles. The van der Waals surface area contributed by atoms with Gasteiger partial charge in [0, 0.05) is 11.7 Å². The monoisotopic (exact) mass is 336 g/mol. The Morgan fingerprint density at radius 1 is 1.22 bits per heavy atom. The number of hydrogen-bond donors (Lipinski definition) is 1. The Kier molecular flexibility index (Phi) is 7.33. The van der Waals surface area contributed by atoms with Gasteiger partial charge in [0.05, 0.1) is 5.56 Å². The SMILES string of the molecule is CCN(CC)C(C)COC(=O)c1cc(N)cc2ccccc12.Cl. The number of nitrogens with zero attached hydrogens (tertiary/aromatic N) is 1. The summed E-state index contributed by atoms with van der Waals surface area (Å²) in [6.45, 7) is 8.54. The van der Waals surface area contributed by atoms with Crippen molar-refractivity contribution in [2.24, 2.45) is 0 Å². The summed E-state index contributed by atoms with van der Waals surface area (Å²) >= 11 is 0. The average Bonchev–Trinajstić information content (AvgIpc) is 2.52. The largest absolute Gasteiger partial charge is 0.460 e. The third-order valence-corrected chi connectivity index (χ3v) is 4.00. The lowest BCUT2D eigenvalue weighted by Gasteiger charge is -2.25. The number of likely N-dealkylation sites (N-methyl/N-ethyl adjacent to an activating group) is 1. The summed E-state index contributed by atoms with van der Waals surface area (Å²) in [6, 6.07) is 11.5. The molecule has 0 saturated carbocycles. The molecule has 4 nitrogen and oxygen atoms in total. The summed E-state index contributed by atoms with van der Waals surface area (Å²) in [5.41, 5.74) is 7.00. The van der Waals surface area contributed by atoms with Crippen molar-refractivity contribution in [3.8, 4) is 0 Å². The zero-order chi connectivity index (χ0) is 16.1. The third-order valence-electron chi connectivity index (χ3n) is 4.00. The number of benzene rings is 2. The molecule has 0 radical (unpaired) electrons. The molecule has 1 atom stereocenters. The standard InChI is InChI=1S/C18H24N2O2.ClH/c1-4-20(5-2)13(3)12-22-18(21)17-11-15(19)10-14-8-6-7-9-16(14)17;/h6-11,13H,4-5,12,19H2,1-3H3;1H. The zero-order valence-electron chi connectivity index (χ0n) is 13.9. The fourth-order valence-corrected chi connectivity index (χ4v) is 2.73. The van der Waals surface area contributed by atoms with Crippen LogP contribution in [0.1, 0.15) is 31.1 Å². The maximum absolute atomic E-state index is 12.4. The Labute approximate surface area is 144 Å². The highest BCUT2D eigenvalue weighted by molar-refractivity contribution is 6.05. The lowest BCUT2D eigenvalue weighted by molar-refractivity contribution is 0.0384. The smallest absolute Gasteiger partial charge is 0.338 e. The first-order valence-electron chi connectivity index (χ1n) is 7.76. The quantitative estimate of drug-likeness (QED) is 0.645. The van der Waals surface area contributed by atoms with Crippen LogP contribution in [0.25, 0.3) is 10.8 Å². The van der Waals surface area contributed by atoms with Crippen LogP contribution in [0.5, 0.6) is 0 Å². The van der Waals surface area contributed by atoms with E-state index in [2.05, 4.69) is 25.7 Å². The minimum atomic E-state index is -0.317. The molecule has 0 fully saturated rings. The van der Waals surface area contributed by atoms with Crippen molar-refractivity contribution in [3.05, 3.63) is 42.0 Å². The number of nitrogens with two attached hydrogens (primary N) is 1. The molecule has 0 saturated heterocycles. The summed E-state index contributed by atoms with van der Waals surface area (Å²) in [5.74, 6) is -0.317. The summed E-state index contributed by atoms with van der Waals surface area (Å²) in [6.07, 6.45) is 0. The van der Waals surface area contributed by atoms with Crippen LogP contribution in [0, 0.1) is 0 Å². The maximum atomic E-state index is 12.4. The second kappa shape index (κ2) is 8.75. The highest BCUT2D eigenvalue weighted by Crippen LogP contribution is 2.23. The zero-order valence-corrected chi connectivity index (χ0v) is 14.7. The van der Waals surface area contributed by atoms with Crippen LogP contribution in [-0.2, 0) is 4.74 Å². The van der Waals surface area contributed by atoms with Gasteiger partial charge in [-0.2, -0.15) is 0 Å². The van der Waals surface area contributed by atoms with Crippen molar-refractivity contribution in [2.75, 3.05) is 25.4 Å². The van der Waals surface area contributed by atoms with E-state index >= 15 is 0 Å². The van der Waals surface area contributed by atoms with Crippen molar-refractivity contribution in [2.45, 2.75) is 26.8 Å². The average molecular weight is 337 g/mol. The number of esters is 1. The lowest BCUT2D eigenvalue weighted by Crippen LogP contribution is -2.36. The molecule has 0 amide bonds. The number of halogens is 1. The first-order chi connectivity index (χ1) is 10.6. The van der Waals surface area contributed by atoms with Crippen LogP contribution >= 0.6 is 12.4 Å². The van der Waals surface area contributed by atoms with Gasteiger partial charge in [0.2, 0.25) is 0 Å². The van der Waals surface area contributed by atoms with Crippen molar-refractivity contribution in [1.29, 1.82) is 0 Å². The van der Waals surface area contributed by atoms with Crippen LogP contribution in [0.4, 0.5) is 5.69 Å². The van der Waals surface area contributed by atoms with Crippen molar-refractivity contribution < 1.29 is 9.53 Å². The van der Waals surface area contributed by atoms with Gasteiger partial charge in [-0.25, -0.2) is 4.79 Å². The summed E-state index contributed by atoms with van der Waals surface area (Å²) in [7, 11) is 0. The molecule has 23 heavy (non-hydrogen) atoms. The minimum Gasteiger partial charge on any atom is -0.460 e. The molecule has 2 rings (SSSR count). The van der Waals surface area contributed by atoms with Gasteiger partial charge in [-0.15, -0.1) is 12.4 Å². The first-order valence-corrected chi connectivity index (χ1v) is 7.76. The van der Waals surface area contributed by atoms with Crippen molar-refractivity contribution in [3.63, 3.8) is 0 Å². The second-order valence-corrected chi connectivity index (χ2v) is 5.46. The Morgan fingerprint density at radius 2 is 1.87 bits per heavy atom. The molecule has 0 aliphatic rings. The van der Waals surface area contributed by atoms with Crippen molar-refractivity contribution >= 4 is 34.8 Å². The third kappa shape index (κ3) is 4.60. The summed E-state index contributed by atoms with van der Waals surface area (Å²) < 4.78 is 5.50. The van der Waals surface area contributed by atoms with Gasteiger partial charge in [-0.1, -0.05) is 38.1 Å². The van der Waals surface area contributed by atoms with E-state index in [1.54, 1.807) is 6.07 Å². The molecular weight excluding hydrogens is 312 g/mol. The van der Waals surface area contributed by atoms with Gasteiger partial charge >= 0.3 is 5.97 Å². The molecule has 2 aromatic rings. The van der Waals surface area contributed by atoms with E-state index in [1.807, 2.05) is 30.3 Å². The molecule has 0 heterocycles. The van der Waals surface area contributed by atoms with Gasteiger partial charge < -0.3 is 10.5 Å². The van der Waals surface area contributed by atoms with E-state index in [4.69, 9.17) is 10.5 Å². The molecule has 1 unspecified atom stereocenters. The van der Waals surface area contributed by atoms with Crippen molar-refractivity contribution in [1.82, 2.24) is 4.90 Å². The molecule has 0 spiro atoms. The van der Waals surface area contributed by atoms with Crippen LogP contribution in [0.15, 0.2) is 36.4 Å². The number of nitrogen functional groups attached to an aromatic ring is 1.